The van der Waals surface area contributed by atoms with E-state index in [0.717, 1.165) is 0 Å². The lowest BCUT2D eigenvalue weighted by Crippen LogP contribution is -2.67. The molecule has 5 rings (SSSR count). The molecule has 1 aromatic heterocycles. The summed E-state index contributed by atoms with van der Waals surface area (Å²) in [6, 6.07) is 6.00. The van der Waals surface area contributed by atoms with E-state index >= 15 is 0 Å². The van der Waals surface area contributed by atoms with Crippen LogP contribution in [0, 0.1) is 15.5 Å². The normalized spacial score (nSPS) is 27.5. The number of ether oxygens (including phenoxy) is 2. The lowest BCUT2D eigenvalue weighted by molar-refractivity contribution is -0.384. The Morgan fingerprint density at radius 1 is 1.04 bits per heavy atom. The molecule has 3 aliphatic heterocycles. The van der Waals surface area contributed by atoms with Crippen LogP contribution < -0.4 is 10.2 Å². The highest BCUT2D eigenvalue weighted by Crippen LogP contribution is 2.50. The van der Waals surface area contributed by atoms with Gasteiger partial charge in [-0.3, -0.25) is 20.1 Å². The number of nitrogens with one attached hydrogen (secondary N) is 2. The first kappa shape index (κ1) is 34.6. The number of nitrogens with zero attached hydrogens (tertiary/aromatic N) is 4. The molecule has 0 amide bonds. The zero-order chi connectivity index (χ0) is 33.7. The molecule has 1 aromatic carbocycles. The summed E-state index contributed by atoms with van der Waals surface area (Å²) in [6.45, 7) is 19.5. The van der Waals surface area contributed by atoms with Gasteiger partial charge in [0.05, 0.1) is 17.9 Å². The third-order valence-corrected chi connectivity index (χ3v) is 19.6. The molecule has 14 nitrogen and oxygen atoms in total. The molecule has 2 saturated heterocycles. The molecule has 4 heterocycles. The van der Waals surface area contributed by atoms with Crippen LogP contribution in [0.15, 0.2) is 30.6 Å². The fourth-order valence-corrected chi connectivity index (χ4v) is 18.1. The maximum Gasteiger partial charge on any atom is 0.336 e. The maximum absolute atomic E-state index is 12.0. The molecule has 2 aromatic rings. The lowest BCUT2D eigenvalue weighted by Gasteiger charge is -2.52. The van der Waals surface area contributed by atoms with Gasteiger partial charge in [0.25, 0.3) is 5.69 Å². The van der Waals surface area contributed by atoms with Gasteiger partial charge in [-0.2, -0.15) is 0 Å². The van der Waals surface area contributed by atoms with E-state index in [1.54, 1.807) is 27.9 Å². The summed E-state index contributed by atoms with van der Waals surface area (Å²) >= 11 is 0. The van der Waals surface area contributed by atoms with Gasteiger partial charge < -0.3 is 37.8 Å². The Kier molecular flexibility index (Phi) is 9.83. The first-order valence-corrected chi connectivity index (χ1v) is 20.0. The summed E-state index contributed by atoms with van der Waals surface area (Å²) in [7, 11) is -6.04. The molecule has 3 N–H and O–H groups in total. The van der Waals surface area contributed by atoms with E-state index in [9.17, 15) is 15.2 Å². The smallest absolute Gasteiger partial charge is 0.336 e. The van der Waals surface area contributed by atoms with Crippen molar-refractivity contribution in [1.29, 1.82) is 5.41 Å². The number of nitro benzene ring substituents is 1. The lowest BCUT2D eigenvalue weighted by atomic mass is 10.1. The van der Waals surface area contributed by atoms with Crippen molar-refractivity contribution in [2.75, 3.05) is 23.5 Å². The van der Waals surface area contributed by atoms with Gasteiger partial charge in [-0.15, -0.1) is 0 Å². The third-order valence-electron chi connectivity index (χ3n) is 9.35. The molecule has 46 heavy (non-hydrogen) atoms. The van der Waals surface area contributed by atoms with E-state index < -0.39 is 52.9 Å². The molecule has 0 bridgehead atoms. The Hall–Kier alpha value is -2.71. The molecule has 2 fully saturated rings. The number of aliphatic hydroxyl groups is 1. The van der Waals surface area contributed by atoms with Crippen LogP contribution in [0.25, 0.3) is 0 Å². The number of hydrogen-bond acceptors (Lipinski definition) is 11. The van der Waals surface area contributed by atoms with E-state index in [1.807, 2.05) is 6.92 Å². The topological polar surface area (TPSA) is 166 Å². The molecule has 0 radical (unpaired) electrons. The number of amidine groups is 1. The average Bonchev–Trinajstić information content (AvgIpc) is 3.55. The Balaban J connectivity index is 1.52. The molecule has 254 valence electrons. The van der Waals surface area contributed by atoms with E-state index in [4.69, 9.17) is 27.9 Å². The zero-order valence-corrected chi connectivity index (χ0v) is 30.1. The molecular weight excluding hydrogens is 629 g/mol. The third kappa shape index (κ3) is 5.72. The van der Waals surface area contributed by atoms with Gasteiger partial charge in [-0.1, -0.05) is 55.4 Å². The standard InChI is InChI=1S/C30H48N6O8Si2/c1-10-40-30-26-25(42-45(17(2)3,18(4)5)44-46(43-30,19(6)7)20(8)9)24(37)29(41-26)35-15-32-23-27(31)34(16-33-28(23)35)21-11-13-22(14-12-21)36(38)39/h11-15,17-20,24-26,29-31,33,37H,10,16H2,1-9H3/t24-,25+,26+,29-,30?/m1/s1. The molecule has 5 atom stereocenters. The number of nitro groups is 1. The second kappa shape index (κ2) is 13.1. The molecule has 0 spiro atoms. The predicted octanol–water partition coefficient (Wildman–Crippen LogP) is 5.58. The summed E-state index contributed by atoms with van der Waals surface area (Å²) in [5, 5.41) is 35.3. The molecule has 16 heteroatoms. The van der Waals surface area contributed by atoms with Gasteiger partial charge in [0.15, 0.2) is 18.4 Å². The monoisotopic (exact) mass is 676 g/mol. The number of aromatic nitrogens is 2. The van der Waals surface area contributed by atoms with Crippen LogP contribution in [0.5, 0.6) is 0 Å². The van der Waals surface area contributed by atoms with E-state index in [0.29, 0.717) is 23.8 Å². The first-order chi connectivity index (χ1) is 21.7. The van der Waals surface area contributed by atoms with Gasteiger partial charge in [0.1, 0.15) is 29.8 Å². The zero-order valence-electron chi connectivity index (χ0n) is 28.1. The molecule has 0 aliphatic carbocycles. The molecule has 3 aliphatic rings. The van der Waals surface area contributed by atoms with Crippen LogP contribution >= 0.6 is 0 Å². The van der Waals surface area contributed by atoms with Crippen LogP contribution in [0.4, 0.5) is 17.2 Å². The van der Waals surface area contributed by atoms with E-state index in [1.165, 1.54) is 12.1 Å². The highest BCUT2D eigenvalue weighted by atomic mass is 28.5. The highest BCUT2D eigenvalue weighted by molar-refractivity contribution is 6.84. The Bertz CT molecular complexity index is 1400. The Labute approximate surface area is 272 Å². The summed E-state index contributed by atoms with van der Waals surface area (Å²) in [5.41, 5.74) is 1.24. The number of non-ortho nitro benzene ring substituents is 1. The minimum atomic E-state index is -3.06. The van der Waals surface area contributed by atoms with Crippen LogP contribution in [0.2, 0.25) is 22.2 Å². The SMILES string of the molecule is CCOC1O[Si](C(C)C)(C(C)C)O[Si](C(C)C)(C(C)C)O[C@H]2[C@@H](O)[C@H](n3cnc4c3NCN(c3ccc([N+](=O)[O-])cc3)C4=N)O[C@H]12. The van der Waals surface area contributed by atoms with Crippen LogP contribution in [-0.2, 0) is 22.4 Å². The van der Waals surface area contributed by atoms with Crippen molar-refractivity contribution < 1.29 is 32.5 Å². The largest absolute Gasteiger partial charge is 0.414 e. The Morgan fingerprint density at radius 2 is 1.63 bits per heavy atom. The highest BCUT2D eigenvalue weighted by Gasteiger charge is 2.64. The van der Waals surface area contributed by atoms with E-state index in [2.05, 4.69) is 65.7 Å². The number of anilines is 2. The van der Waals surface area contributed by atoms with Crippen molar-refractivity contribution in [1.82, 2.24) is 9.55 Å². The fraction of sp³-hybridized carbons (Fsp3) is 0.667. The summed E-state index contributed by atoms with van der Waals surface area (Å²) in [6.07, 6.45) is -2.89. The van der Waals surface area contributed by atoms with Gasteiger partial charge in [0, 0.05) is 24.4 Å². The van der Waals surface area contributed by atoms with Gasteiger partial charge in [0.2, 0.25) is 0 Å². The van der Waals surface area contributed by atoms with Gasteiger partial charge >= 0.3 is 17.1 Å². The number of imidazole rings is 1. The summed E-state index contributed by atoms with van der Waals surface area (Å²) in [5.74, 6) is 0.617. The molecule has 0 saturated carbocycles. The Morgan fingerprint density at radius 3 is 2.17 bits per heavy atom. The van der Waals surface area contributed by atoms with Crippen molar-refractivity contribution in [3.8, 4) is 0 Å². The van der Waals surface area contributed by atoms with E-state index in [-0.39, 0.29) is 40.4 Å². The first-order valence-electron chi connectivity index (χ1n) is 16.1. The number of benzene rings is 1. The molecular formula is C30H48N6O8Si2. The van der Waals surface area contributed by atoms with Crippen molar-refractivity contribution in [3.63, 3.8) is 0 Å². The maximum atomic E-state index is 12.0. The number of fused-ring (bicyclic) bond motifs is 2. The second-order valence-electron chi connectivity index (χ2n) is 13.4. The second-order valence-corrected chi connectivity index (χ2v) is 22.2. The van der Waals surface area contributed by atoms with Crippen molar-refractivity contribution in [3.05, 3.63) is 46.4 Å². The minimum absolute atomic E-state index is 0.0312. The van der Waals surface area contributed by atoms with Crippen LogP contribution in [0.1, 0.15) is 74.2 Å². The van der Waals surface area contributed by atoms with Gasteiger partial charge in [-0.05, 0) is 41.2 Å². The van der Waals surface area contributed by atoms with Crippen molar-refractivity contribution >= 4 is 40.2 Å². The predicted molar refractivity (Wildman–Crippen MR) is 177 cm³/mol. The number of hydrogen-bond donors (Lipinski definition) is 3. The average molecular weight is 677 g/mol. The summed E-state index contributed by atoms with van der Waals surface area (Å²) in [4.78, 5) is 16.8. The quantitative estimate of drug-likeness (QED) is 0.172. The van der Waals surface area contributed by atoms with Crippen LogP contribution in [0.3, 0.4) is 0 Å². The van der Waals surface area contributed by atoms with Crippen LogP contribution in [-0.4, -0.2) is 80.4 Å². The van der Waals surface area contributed by atoms with Gasteiger partial charge in [-0.25, -0.2) is 4.98 Å². The van der Waals surface area contributed by atoms with Crippen molar-refractivity contribution in [2.45, 2.75) is 115 Å². The number of aliphatic hydroxyl groups excluding tert-OH is 1. The minimum Gasteiger partial charge on any atom is -0.414 e. The molecule has 1 unspecified atom stereocenters. The van der Waals surface area contributed by atoms with Crippen molar-refractivity contribution in [2.24, 2.45) is 0 Å². The fourth-order valence-electron chi connectivity index (χ4n) is 6.90. The summed E-state index contributed by atoms with van der Waals surface area (Å²) < 4.78 is 36.1. The number of rotatable bonds is 9.